The standard InChI is InChI=1S/C31H42N4O5/c1-31(2,3)13-15-33-30(37)34-22-6-8-24(9-7-22)40-27-10-14-32-26-21-28(38-4)29(20-25(26)27)39-19-5-16-35-17-11-23(36)12-18-35/h6-10,14,20-21,23,36H,5,11-13,15-19H2,1-4H3,(H2,33,34,37). The number of aromatic nitrogens is 1. The van der Waals surface area contributed by atoms with Gasteiger partial charge in [-0.15, -0.1) is 0 Å². The molecule has 2 amide bonds. The number of aliphatic hydroxyl groups excluding tert-OH is 1. The number of carbonyl (C=O) groups excluding carboxylic acids is 1. The molecule has 2 heterocycles. The van der Waals surface area contributed by atoms with Crippen molar-refractivity contribution in [3.63, 3.8) is 0 Å². The van der Waals surface area contributed by atoms with E-state index in [2.05, 4.69) is 41.3 Å². The summed E-state index contributed by atoms with van der Waals surface area (Å²) < 4.78 is 17.9. The van der Waals surface area contributed by atoms with E-state index in [1.165, 1.54) is 0 Å². The summed E-state index contributed by atoms with van der Waals surface area (Å²) in [6, 6.07) is 12.6. The Bertz CT molecular complexity index is 1250. The Kier molecular flexibility index (Phi) is 10.1. The van der Waals surface area contributed by atoms with Crippen molar-refractivity contribution in [2.75, 3.05) is 45.2 Å². The number of carbonyl (C=O) groups is 1. The van der Waals surface area contributed by atoms with Crippen LogP contribution in [0, 0.1) is 5.41 Å². The van der Waals surface area contributed by atoms with Crippen LogP contribution in [-0.4, -0.2) is 67.0 Å². The van der Waals surface area contributed by atoms with Gasteiger partial charge < -0.3 is 34.9 Å². The third-order valence-electron chi connectivity index (χ3n) is 6.92. The average Bonchev–Trinajstić information content (AvgIpc) is 2.92. The van der Waals surface area contributed by atoms with Crippen LogP contribution in [0.4, 0.5) is 10.5 Å². The number of hydrogen-bond acceptors (Lipinski definition) is 7. The number of piperidine rings is 1. The van der Waals surface area contributed by atoms with Crippen LogP contribution in [0.25, 0.3) is 10.9 Å². The second-order valence-electron chi connectivity index (χ2n) is 11.4. The van der Waals surface area contributed by atoms with Gasteiger partial charge in [-0.1, -0.05) is 20.8 Å². The summed E-state index contributed by atoms with van der Waals surface area (Å²) in [5.74, 6) is 2.54. The van der Waals surface area contributed by atoms with E-state index in [1.807, 2.05) is 42.5 Å². The number of anilines is 1. The van der Waals surface area contributed by atoms with Crippen molar-refractivity contribution in [3.8, 4) is 23.0 Å². The number of nitrogens with one attached hydrogen (secondary N) is 2. The highest BCUT2D eigenvalue weighted by molar-refractivity contribution is 5.89. The van der Waals surface area contributed by atoms with Crippen LogP contribution in [0.15, 0.2) is 48.7 Å². The van der Waals surface area contributed by atoms with Crippen LogP contribution < -0.4 is 24.8 Å². The fourth-order valence-corrected chi connectivity index (χ4v) is 4.56. The molecule has 216 valence electrons. The first-order valence-corrected chi connectivity index (χ1v) is 14.0. The van der Waals surface area contributed by atoms with Gasteiger partial charge >= 0.3 is 6.03 Å². The van der Waals surface area contributed by atoms with Gasteiger partial charge in [-0.25, -0.2) is 4.79 Å². The second-order valence-corrected chi connectivity index (χ2v) is 11.4. The topological polar surface area (TPSA) is 105 Å². The first-order chi connectivity index (χ1) is 19.2. The summed E-state index contributed by atoms with van der Waals surface area (Å²) >= 11 is 0. The molecule has 0 bridgehead atoms. The molecule has 0 unspecified atom stereocenters. The van der Waals surface area contributed by atoms with Crippen LogP contribution in [0.2, 0.25) is 0 Å². The molecule has 40 heavy (non-hydrogen) atoms. The van der Waals surface area contributed by atoms with Crippen molar-refractivity contribution in [2.45, 2.75) is 52.6 Å². The van der Waals surface area contributed by atoms with Crippen molar-refractivity contribution in [3.05, 3.63) is 48.7 Å². The van der Waals surface area contributed by atoms with Gasteiger partial charge in [0.05, 0.1) is 25.3 Å². The number of fused-ring (bicyclic) bond motifs is 1. The number of rotatable bonds is 11. The summed E-state index contributed by atoms with van der Waals surface area (Å²) in [5, 5.41) is 16.3. The van der Waals surface area contributed by atoms with Crippen molar-refractivity contribution in [2.24, 2.45) is 5.41 Å². The molecule has 9 heteroatoms. The Hall–Kier alpha value is -3.56. The van der Waals surface area contributed by atoms with E-state index >= 15 is 0 Å². The van der Waals surface area contributed by atoms with Crippen LogP contribution in [0.3, 0.4) is 0 Å². The molecular formula is C31H42N4O5. The molecule has 0 radical (unpaired) electrons. The summed E-state index contributed by atoms with van der Waals surface area (Å²) in [7, 11) is 1.62. The molecule has 1 aliphatic heterocycles. The zero-order valence-electron chi connectivity index (χ0n) is 24.0. The molecule has 3 aromatic rings. The third-order valence-corrected chi connectivity index (χ3v) is 6.92. The molecule has 0 aliphatic carbocycles. The van der Waals surface area contributed by atoms with Gasteiger partial charge in [0.2, 0.25) is 0 Å². The number of urea groups is 1. The van der Waals surface area contributed by atoms with E-state index in [9.17, 15) is 9.90 Å². The number of benzene rings is 2. The number of amides is 2. The lowest BCUT2D eigenvalue weighted by molar-refractivity contribution is 0.0799. The second kappa shape index (κ2) is 13.7. The van der Waals surface area contributed by atoms with Crippen LogP contribution in [-0.2, 0) is 0 Å². The fourth-order valence-electron chi connectivity index (χ4n) is 4.56. The maximum atomic E-state index is 12.2. The Morgan fingerprint density at radius 2 is 1.82 bits per heavy atom. The Morgan fingerprint density at radius 3 is 2.52 bits per heavy atom. The maximum absolute atomic E-state index is 12.2. The largest absolute Gasteiger partial charge is 0.493 e. The minimum Gasteiger partial charge on any atom is -0.493 e. The number of aliphatic hydroxyl groups is 1. The molecule has 0 spiro atoms. The summed E-state index contributed by atoms with van der Waals surface area (Å²) in [6.07, 6.45) is 4.98. The van der Waals surface area contributed by atoms with E-state index < -0.39 is 0 Å². The highest BCUT2D eigenvalue weighted by Crippen LogP contribution is 2.37. The molecule has 3 N–H and O–H groups in total. The van der Waals surface area contributed by atoms with Crippen LogP contribution in [0.5, 0.6) is 23.0 Å². The molecule has 0 saturated carbocycles. The van der Waals surface area contributed by atoms with Gasteiger partial charge in [0.1, 0.15) is 11.5 Å². The van der Waals surface area contributed by atoms with Gasteiger partial charge in [-0.05, 0) is 67.5 Å². The lowest BCUT2D eigenvalue weighted by Crippen LogP contribution is -2.36. The predicted molar refractivity (Wildman–Crippen MR) is 158 cm³/mol. The van der Waals surface area contributed by atoms with Gasteiger partial charge in [-0.2, -0.15) is 0 Å². The van der Waals surface area contributed by atoms with Crippen LogP contribution >= 0.6 is 0 Å². The Balaban J connectivity index is 1.37. The van der Waals surface area contributed by atoms with E-state index in [1.54, 1.807) is 13.3 Å². The predicted octanol–water partition coefficient (Wildman–Crippen LogP) is 5.82. The lowest BCUT2D eigenvalue weighted by atomic mass is 9.92. The zero-order chi connectivity index (χ0) is 28.5. The molecule has 1 fully saturated rings. The van der Waals surface area contributed by atoms with Crippen molar-refractivity contribution in [1.29, 1.82) is 0 Å². The number of ether oxygens (including phenoxy) is 3. The van der Waals surface area contributed by atoms with Crippen molar-refractivity contribution in [1.82, 2.24) is 15.2 Å². The minimum atomic E-state index is -0.228. The molecule has 1 aromatic heterocycles. The first-order valence-electron chi connectivity index (χ1n) is 14.0. The molecule has 1 saturated heterocycles. The Morgan fingerprint density at radius 1 is 1.07 bits per heavy atom. The molecule has 4 rings (SSSR count). The van der Waals surface area contributed by atoms with E-state index in [-0.39, 0.29) is 17.6 Å². The molecule has 2 aromatic carbocycles. The highest BCUT2D eigenvalue weighted by atomic mass is 16.5. The van der Waals surface area contributed by atoms with Crippen molar-refractivity contribution >= 4 is 22.6 Å². The zero-order valence-corrected chi connectivity index (χ0v) is 24.0. The van der Waals surface area contributed by atoms with E-state index in [0.717, 1.165) is 56.2 Å². The fraction of sp³-hybridized carbons (Fsp3) is 0.484. The molecule has 0 atom stereocenters. The average molecular weight is 551 g/mol. The number of nitrogens with zero attached hydrogens (tertiary/aromatic N) is 2. The van der Waals surface area contributed by atoms with Gasteiger partial charge in [-0.3, -0.25) is 4.98 Å². The van der Waals surface area contributed by atoms with Gasteiger partial charge in [0.15, 0.2) is 11.5 Å². The first kappa shape index (κ1) is 29.4. The normalized spacial score (nSPS) is 14.6. The third kappa shape index (κ3) is 8.72. The van der Waals surface area contributed by atoms with E-state index in [4.69, 9.17) is 14.2 Å². The SMILES string of the molecule is COc1cc2nccc(Oc3ccc(NC(=O)NCCC(C)(C)C)cc3)c2cc1OCCCN1CCC(O)CC1. The quantitative estimate of drug-likeness (QED) is 0.258. The number of hydrogen-bond donors (Lipinski definition) is 3. The molecular weight excluding hydrogens is 508 g/mol. The lowest BCUT2D eigenvalue weighted by Gasteiger charge is -2.29. The minimum absolute atomic E-state index is 0.163. The Labute approximate surface area is 236 Å². The number of pyridine rings is 1. The summed E-state index contributed by atoms with van der Waals surface area (Å²) in [4.78, 5) is 19.0. The molecule has 9 nitrogen and oxygen atoms in total. The molecule has 1 aliphatic rings. The van der Waals surface area contributed by atoms with Crippen LogP contribution in [0.1, 0.15) is 46.5 Å². The number of likely N-dealkylation sites (tertiary alicyclic amines) is 1. The maximum Gasteiger partial charge on any atom is 0.319 e. The highest BCUT2D eigenvalue weighted by Gasteiger charge is 2.17. The van der Waals surface area contributed by atoms with Gasteiger partial charge in [0.25, 0.3) is 0 Å². The smallest absolute Gasteiger partial charge is 0.319 e. The monoisotopic (exact) mass is 550 g/mol. The van der Waals surface area contributed by atoms with Gasteiger partial charge in [0, 0.05) is 49.5 Å². The summed E-state index contributed by atoms with van der Waals surface area (Å²) in [5.41, 5.74) is 1.58. The number of methoxy groups -OCH3 is 1. The van der Waals surface area contributed by atoms with E-state index in [0.29, 0.717) is 41.8 Å². The summed E-state index contributed by atoms with van der Waals surface area (Å²) in [6.45, 7) is 10.4. The van der Waals surface area contributed by atoms with Crippen molar-refractivity contribution < 1.29 is 24.1 Å².